The Morgan fingerprint density at radius 2 is 2.29 bits per heavy atom. The number of aromatic nitrogens is 1. The maximum absolute atomic E-state index is 14.1. The van der Waals surface area contributed by atoms with Crippen molar-refractivity contribution in [2.45, 2.75) is 12.3 Å². The first-order chi connectivity index (χ1) is 12.9. The average Bonchev–Trinajstić information content (AvgIpc) is 2.95. The van der Waals surface area contributed by atoms with Crippen molar-refractivity contribution in [2.75, 3.05) is 18.6 Å². The van der Waals surface area contributed by atoms with Crippen LogP contribution in [0.3, 0.4) is 0 Å². The standard InChI is InChI=1S/C14H14F2N2O3/c1-14(8-15,9-16)11-7-12(18-21-11)17-13(19)20-10-5-3-2-4-6-10/h2-7H,8-9H2,1H3,(H,17,18,19)/i1D,7D,8D2,9D2/hD. The quantitative estimate of drug-likeness (QED) is 0.918. The first-order valence-corrected chi connectivity index (χ1v) is 5.56. The number of carbonyl (C=O) groups is 1. The second-order valence-corrected chi connectivity index (χ2v) is 3.85. The van der Waals surface area contributed by atoms with E-state index in [1.54, 1.807) is 6.07 Å². The molecule has 1 heterocycles. The fourth-order valence-corrected chi connectivity index (χ4v) is 1.27. The minimum absolute atomic E-state index is 0.0423. The number of hydrogen-bond acceptors (Lipinski definition) is 4. The predicted molar refractivity (Wildman–Crippen MR) is 71.9 cm³/mol. The lowest BCUT2D eigenvalue weighted by atomic mass is 9.91. The Morgan fingerprint density at radius 1 is 1.57 bits per heavy atom. The Morgan fingerprint density at radius 3 is 2.90 bits per heavy atom. The normalized spacial score (nSPS) is 17.3. The van der Waals surface area contributed by atoms with E-state index >= 15 is 0 Å². The van der Waals surface area contributed by atoms with E-state index in [0.717, 1.165) is 0 Å². The van der Waals surface area contributed by atoms with Crippen molar-refractivity contribution in [3.63, 3.8) is 0 Å². The highest BCUT2D eigenvalue weighted by Crippen LogP contribution is 2.27. The largest absolute Gasteiger partial charge is 0.418 e. The van der Waals surface area contributed by atoms with Gasteiger partial charge in [-0.25, -0.2) is 13.6 Å². The third-order valence-electron chi connectivity index (χ3n) is 2.30. The molecule has 2 rings (SSSR count). The smallest absolute Gasteiger partial charge is 0.410 e. The Hall–Kier alpha value is -2.44. The van der Waals surface area contributed by atoms with Gasteiger partial charge in [0, 0.05) is 7.41 Å². The molecular weight excluding hydrogens is 282 g/mol. The van der Waals surface area contributed by atoms with E-state index in [4.69, 9.17) is 14.4 Å². The summed E-state index contributed by atoms with van der Waals surface area (Å²) >= 11 is 0. The predicted octanol–water partition coefficient (Wildman–Crippen LogP) is 3.48. The van der Waals surface area contributed by atoms with Crippen LogP contribution < -0.4 is 10.0 Å². The van der Waals surface area contributed by atoms with Gasteiger partial charge < -0.3 is 9.26 Å². The fraction of sp³-hybridized carbons (Fsp3) is 0.286. The summed E-state index contributed by atoms with van der Waals surface area (Å²) in [6.07, 6.45) is -1.37. The molecule has 0 fully saturated rings. The zero-order valence-electron chi connectivity index (χ0n) is 17.5. The lowest BCUT2D eigenvalue weighted by molar-refractivity contribution is 0.205. The molecule has 1 aromatic heterocycles. The Kier molecular flexibility index (Phi) is 2.45. The van der Waals surface area contributed by atoms with Crippen molar-refractivity contribution in [1.29, 1.82) is 0 Å². The summed E-state index contributed by atoms with van der Waals surface area (Å²) in [6, 6.07) is 6.35. The van der Waals surface area contributed by atoms with Gasteiger partial charge in [-0.1, -0.05) is 23.4 Å². The zero-order chi connectivity index (χ0) is 21.3. The van der Waals surface area contributed by atoms with Crippen LogP contribution in [-0.4, -0.2) is 24.5 Å². The summed E-state index contributed by atoms with van der Waals surface area (Å²) in [5.74, 6) is -2.19. The summed E-state index contributed by atoms with van der Waals surface area (Å²) in [5, 5.41) is 3.06. The molecule has 21 heavy (non-hydrogen) atoms. The zero-order valence-corrected chi connectivity index (χ0v) is 10.5. The van der Waals surface area contributed by atoms with Crippen molar-refractivity contribution < 1.29 is 32.5 Å². The van der Waals surface area contributed by atoms with Gasteiger partial charge in [-0.2, -0.15) is 0 Å². The lowest BCUT2D eigenvalue weighted by Crippen LogP contribution is -2.26. The van der Waals surface area contributed by atoms with Crippen molar-refractivity contribution in [1.82, 2.24) is 5.16 Å². The number of halogens is 2. The molecular formula is C14H14F2N2O3. The van der Waals surface area contributed by atoms with E-state index in [2.05, 4.69) is 9.68 Å². The number of nitrogens with zero attached hydrogens (tertiary/aromatic N) is 1. The minimum Gasteiger partial charge on any atom is -0.410 e. The summed E-state index contributed by atoms with van der Waals surface area (Å²) in [4.78, 5) is 12.0. The van der Waals surface area contributed by atoms with Crippen molar-refractivity contribution in [3.05, 3.63) is 42.1 Å². The number of hydrogen-bond donors (Lipinski definition) is 1. The first-order valence-electron chi connectivity index (χ1n) is 9.22. The van der Waals surface area contributed by atoms with Crippen LogP contribution in [0.5, 0.6) is 5.75 Å². The van der Waals surface area contributed by atoms with E-state index < -0.39 is 49.3 Å². The number of amides is 1. The highest BCUT2D eigenvalue weighted by molar-refractivity contribution is 5.85. The van der Waals surface area contributed by atoms with Gasteiger partial charge in [0.1, 0.15) is 24.8 Å². The summed E-state index contributed by atoms with van der Waals surface area (Å²) < 4.78 is 89.2. The third kappa shape index (κ3) is 3.56. The van der Waals surface area contributed by atoms with Crippen LogP contribution in [0.15, 0.2) is 40.9 Å². The summed E-state index contributed by atoms with van der Waals surface area (Å²) in [6.45, 7) is -9.90. The highest BCUT2D eigenvalue weighted by atomic mass is 19.1. The van der Waals surface area contributed by atoms with Gasteiger partial charge in [0.15, 0.2) is 7.23 Å². The van der Waals surface area contributed by atoms with Crippen LogP contribution in [0, 0.1) is 0 Å². The number of para-hydroxylation sites is 1. The monoisotopic (exact) mass is 303 g/mol. The molecule has 0 saturated carbocycles. The maximum atomic E-state index is 14.1. The molecule has 0 spiro atoms. The Labute approximate surface area is 129 Å². The fourth-order valence-electron chi connectivity index (χ4n) is 1.27. The topological polar surface area (TPSA) is 64.4 Å². The van der Waals surface area contributed by atoms with Gasteiger partial charge in [-0.05, 0) is 19.0 Å². The molecule has 0 atom stereocenters. The highest BCUT2D eigenvalue weighted by Gasteiger charge is 2.32. The number of carbonyl (C=O) groups excluding carboxylic acids is 1. The van der Waals surface area contributed by atoms with Crippen LogP contribution in [0.2, 0.25) is 1.41 Å². The minimum atomic E-state index is -4.18. The molecule has 1 N–H and O–H groups in total. The van der Waals surface area contributed by atoms with Gasteiger partial charge in [0.2, 0.25) is 0 Å². The van der Waals surface area contributed by atoms with Crippen molar-refractivity contribution >= 4 is 11.9 Å². The van der Waals surface area contributed by atoms with Gasteiger partial charge in [-0.15, -0.1) is 0 Å². The number of benzene rings is 1. The van der Waals surface area contributed by atoms with Gasteiger partial charge in [-0.3, -0.25) is 5.31 Å². The average molecular weight is 303 g/mol. The van der Waals surface area contributed by atoms with E-state index in [1.165, 1.54) is 24.3 Å². The first kappa shape index (κ1) is 8.11. The molecule has 1 aromatic carbocycles. The molecule has 0 saturated heterocycles. The molecule has 2 aromatic rings. The summed E-state index contributed by atoms with van der Waals surface area (Å²) in [7, 11) is 0. The van der Waals surface area contributed by atoms with Crippen LogP contribution in [0.4, 0.5) is 19.4 Å². The number of ether oxygens (including phenoxy) is 1. The lowest BCUT2D eigenvalue weighted by Gasteiger charge is -2.17. The molecule has 0 aliphatic rings. The second-order valence-electron chi connectivity index (χ2n) is 3.85. The van der Waals surface area contributed by atoms with E-state index in [-0.39, 0.29) is 11.1 Å². The van der Waals surface area contributed by atoms with Crippen LogP contribution >= 0.6 is 0 Å². The number of anilines is 1. The van der Waals surface area contributed by atoms with E-state index in [0.29, 0.717) is 0 Å². The molecule has 112 valence electrons. The third-order valence-corrected chi connectivity index (χ3v) is 2.30. The van der Waals surface area contributed by atoms with Crippen LogP contribution in [0.25, 0.3) is 0 Å². The SMILES string of the molecule is [2H]CC(c1onc(N([2H])C(=O)Oc2ccccc2)c1[2H])(C([2H])([2H])F)C([2H])([2H])F. The van der Waals surface area contributed by atoms with Gasteiger partial charge in [0.25, 0.3) is 0 Å². The van der Waals surface area contributed by atoms with Crippen molar-refractivity contribution in [3.8, 4) is 5.75 Å². The van der Waals surface area contributed by atoms with Gasteiger partial charge >= 0.3 is 6.09 Å². The molecule has 5 nitrogen and oxygen atoms in total. The second kappa shape index (κ2) is 6.34. The number of rotatable bonds is 5. The Bertz CT molecular complexity index is 826. The molecule has 0 unspecified atom stereocenters. The molecule has 0 bridgehead atoms. The van der Waals surface area contributed by atoms with Crippen LogP contribution in [0.1, 0.15) is 20.9 Å². The van der Waals surface area contributed by atoms with Gasteiger partial charge in [0.05, 0.1) is 12.3 Å². The molecule has 7 heteroatoms. The molecule has 0 aliphatic heterocycles. The summed E-state index contributed by atoms with van der Waals surface area (Å²) in [5.41, 5.74) is -3.52. The molecule has 0 radical (unpaired) electrons. The van der Waals surface area contributed by atoms with E-state index in [1.807, 2.05) is 0 Å². The number of nitrogens with one attached hydrogen (secondary N) is 1. The van der Waals surface area contributed by atoms with Crippen LogP contribution in [-0.2, 0) is 5.41 Å². The number of alkyl halides is 2. The van der Waals surface area contributed by atoms with Crippen molar-refractivity contribution in [2.24, 2.45) is 0 Å². The van der Waals surface area contributed by atoms with E-state index in [9.17, 15) is 13.6 Å². The molecule has 0 aliphatic carbocycles. The maximum Gasteiger partial charge on any atom is 0.418 e. The Balaban J connectivity index is 2.45. The molecule has 1 amide bonds.